The van der Waals surface area contributed by atoms with Crippen molar-refractivity contribution in [2.24, 2.45) is 0 Å². The van der Waals surface area contributed by atoms with E-state index in [1.54, 1.807) is 0 Å². The third kappa shape index (κ3) is 5.14. The van der Waals surface area contributed by atoms with Crippen molar-refractivity contribution >= 4 is 65.3 Å². The Hall–Kier alpha value is -7.89. The van der Waals surface area contributed by atoms with Crippen LogP contribution in [0.4, 0.5) is 0 Å². The van der Waals surface area contributed by atoms with Gasteiger partial charge in [-0.15, -0.1) is 0 Å². The van der Waals surface area contributed by atoms with Gasteiger partial charge in [-0.1, -0.05) is 146 Å². The van der Waals surface area contributed by atoms with Crippen molar-refractivity contribution in [2.45, 2.75) is 0 Å². The van der Waals surface area contributed by atoms with Crippen molar-refractivity contribution in [1.29, 1.82) is 0 Å². The standard InChI is InChI=1S/C53H32N4O/c1-3-14-33(15-4-1)35-22-13-23-40(28-35)52-54-51(34-16-5-2-6-17-34)55-53(56-52)43-27-26-42-41-24-11-12-25-48(41)58-50(42)49(43)57-46-31-38-20-9-7-18-36(38)29-44(46)45-30-37-19-8-10-21-39(37)32-47(45)57/h1-32H. The Morgan fingerprint density at radius 3 is 1.53 bits per heavy atom. The predicted molar refractivity (Wildman–Crippen MR) is 238 cm³/mol. The largest absolute Gasteiger partial charge is 0.454 e. The molecule has 5 nitrogen and oxygen atoms in total. The van der Waals surface area contributed by atoms with E-state index in [1.165, 1.54) is 10.8 Å². The Morgan fingerprint density at radius 1 is 0.345 bits per heavy atom. The molecule has 0 N–H and O–H groups in total. The van der Waals surface area contributed by atoms with Crippen LogP contribution in [0.3, 0.4) is 0 Å². The predicted octanol–water partition coefficient (Wildman–Crippen LogP) is 13.8. The maximum atomic E-state index is 6.94. The minimum absolute atomic E-state index is 0.558. The van der Waals surface area contributed by atoms with Gasteiger partial charge in [0.25, 0.3) is 0 Å². The van der Waals surface area contributed by atoms with Gasteiger partial charge < -0.3 is 8.98 Å². The second-order valence-corrected chi connectivity index (χ2v) is 14.8. The fourth-order valence-corrected chi connectivity index (χ4v) is 8.62. The Balaban J connectivity index is 1.21. The molecule has 0 aliphatic heterocycles. The van der Waals surface area contributed by atoms with Gasteiger partial charge in [0.15, 0.2) is 23.1 Å². The molecule has 9 aromatic carbocycles. The molecule has 0 aliphatic rings. The number of nitrogens with zero attached hydrogens (tertiary/aromatic N) is 4. The zero-order valence-corrected chi connectivity index (χ0v) is 31.2. The second-order valence-electron chi connectivity index (χ2n) is 14.8. The van der Waals surface area contributed by atoms with Gasteiger partial charge in [-0.2, -0.15) is 0 Å². The van der Waals surface area contributed by atoms with E-state index in [0.29, 0.717) is 17.5 Å². The van der Waals surface area contributed by atoms with Gasteiger partial charge in [0.2, 0.25) is 0 Å². The Bertz CT molecular complexity index is 3470. The maximum absolute atomic E-state index is 6.94. The van der Waals surface area contributed by atoms with E-state index >= 15 is 0 Å². The first-order chi connectivity index (χ1) is 28.7. The van der Waals surface area contributed by atoms with Crippen molar-refractivity contribution in [3.63, 3.8) is 0 Å². The molecule has 0 aliphatic carbocycles. The molecule has 0 bridgehead atoms. The number of rotatable bonds is 5. The lowest BCUT2D eigenvalue weighted by Gasteiger charge is -2.16. The maximum Gasteiger partial charge on any atom is 0.166 e. The van der Waals surface area contributed by atoms with Crippen LogP contribution in [0.2, 0.25) is 0 Å². The highest BCUT2D eigenvalue weighted by molar-refractivity contribution is 6.19. The topological polar surface area (TPSA) is 56.7 Å². The minimum atomic E-state index is 0.558. The van der Waals surface area contributed by atoms with E-state index < -0.39 is 0 Å². The highest BCUT2D eigenvalue weighted by Gasteiger charge is 2.25. The van der Waals surface area contributed by atoms with Crippen LogP contribution in [0, 0.1) is 0 Å². The fourth-order valence-electron chi connectivity index (χ4n) is 8.62. The molecule has 0 saturated carbocycles. The van der Waals surface area contributed by atoms with Gasteiger partial charge in [-0.25, -0.2) is 15.0 Å². The summed E-state index contributed by atoms with van der Waals surface area (Å²) in [6.07, 6.45) is 0. The summed E-state index contributed by atoms with van der Waals surface area (Å²) >= 11 is 0. The monoisotopic (exact) mass is 740 g/mol. The first-order valence-corrected chi connectivity index (χ1v) is 19.5. The molecule has 0 amide bonds. The molecular formula is C53H32N4O. The number of hydrogen-bond donors (Lipinski definition) is 0. The molecule has 0 fully saturated rings. The molecule has 5 heteroatoms. The lowest BCUT2D eigenvalue weighted by molar-refractivity contribution is 0.666. The first-order valence-electron chi connectivity index (χ1n) is 19.5. The van der Waals surface area contributed by atoms with Crippen LogP contribution in [0.15, 0.2) is 199 Å². The van der Waals surface area contributed by atoms with Gasteiger partial charge in [-0.3, -0.25) is 0 Å². The minimum Gasteiger partial charge on any atom is -0.454 e. The van der Waals surface area contributed by atoms with Gasteiger partial charge >= 0.3 is 0 Å². The molecule has 12 rings (SSSR count). The summed E-state index contributed by atoms with van der Waals surface area (Å²) in [6, 6.07) is 68.0. The molecule has 12 aromatic rings. The molecule has 0 atom stereocenters. The average molecular weight is 741 g/mol. The molecule has 0 radical (unpaired) electrons. The molecule has 0 spiro atoms. The molecular weight excluding hydrogens is 709 g/mol. The van der Waals surface area contributed by atoms with Crippen molar-refractivity contribution in [3.8, 4) is 51.0 Å². The van der Waals surface area contributed by atoms with Crippen LogP contribution in [0.1, 0.15) is 0 Å². The lowest BCUT2D eigenvalue weighted by atomic mass is 10.0. The van der Waals surface area contributed by atoms with Crippen LogP contribution >= 0.6 is 0 Å². The smallest absolute Gasteiger partial charge is 0.166 e. The zero-order chi connectivity index (χ0) is 38.2. The molecule has 3 aromatic heterocycles. The quantitative estimate of drug-likeness (QED) is 0.176. The van der Waals surface area contributed by atoms with Crippen LogP contribution in [-0.2, 0) is 0 Å². The molecule has 270 valence electrons. The van der Waals surface area contributed by atoms with Crippen LogP contribution < -0.4 is 0 Å². The zero-order valence-electron chi connectivity index (χ0n) is 31.2. The lowest BCUT2D eigenvalue weighted by Crippen LogP contribution is -2.04. The Morgan fingerprint density at radius 2 is 0.862 bits per heavy atom. The number of benzene rings is 9. The summed E-state index contributed by atoms with van der Waals surface area (Å²) < 4.78 is 9.33. The number of furan rings is 1. The van der Waals surface area contributed by atoms with E-state index in [0.717, 1.165) is 88.0 Å². The van der Waals surface area contributed by atoms with Gasteiger partial charge in [0.05, 0.1) is 11.0 Å². The Labute approximate surface area is 333 Å². The van der Waals surface area contributed by atoms with E-state index in [2.05, 4.69) is 162 Å². The fraction of sp³-hybridized carbons (Fsp3) is 0. The van der Waals surface area contributed by atoms with Crippen molar-refractivity contribution in [2.75, 3.05) is 0 Å². The molecule has 3 heterocycles. The highest BCUT2D eigenvalue weighted by Crippen LogP contribution is 2.44. The second kappa shape index (κ2) is 12.8. The van der Waals surface area contributed by atoms with E-state index in [-0.39, 0.29) is 0 Å². The summed E-state index contributed by atoms with van der Waals surface area (Å²) in [6.45, 7) is 0. The highest BCUT2D eigenvalue weighted by atomic mass is 16.3. The summed E-state index contributed by atoms with van der Waals surface area (Å²) in [7, 11) is 0. The normalized spacial score (nSPS) is 11.8. The SMILES string of the molecule is c1ccc(-c2cccc(-c3nc(-c4ccccc4)nc(-c4ccc5c(oc6ccccc65)c4-n4c5cc6ccccc6cc5c5cc6ccccc6cc54)n3)c2)cc1. The summed E-state index contributed by atoms with van der Waals surface area (Å²) in [5.74, 6) is 1.75. The summed E-state index contributed by atoms with van der Waals surface area (Å²) in [4.78, 5) is 15.8. The van der Waals surface area contributed by atoms with E-state index in [9.17, 15) is 0 Å². The first kappa shape index (κ1) is 32.4. The summed E-state index contributed by atoms with van der Waals surface area (Å²) in [5, 5.41) is 9.12. The van der Waals surface area contributed by atoms with Crippen LogP contribution in [0.5, 0.6) is 0 Å². The van der Waals surface area contributed by atoms with Crippen molar-refractivity contribution in [3.05, 3.63) is 194 Å². The molecule has 0 unspecified atom stereocenters. The van der Waals surface area contributed by atoms with Gasteiger partial charge in [0.1, 0.15) is 11.3 Å². The Kier molecular flexibility index (Phi) is 7.16. The van der Waals surface area contributed by atoms with E-state index in [4.69, 9.17) is 19.4 Å². The van der Waals surface area contributed by atoms with E-state index in [1.807, 2.05) is 36.4 Å². The third-order valence-electron chi connectivity index (χ3n) is 11.4. The average Bonchev–Trinajstić information content (AvgIpc) is 3.82. The number of aromatic nitrogens is 4. The third-order valence-corrected chi connectivity index (χ3v) is 11.4. The van der Waals surface area contributed by atoms with Crippen molar-refractivity contribution < 1.29 is 4.42 Å². The molecule has 0 saturated heterocycles. The van der Waals surface area contributed by atoms with Gasteiger partial charge in [0, 0.05) is 38.2 Å². The van der Waals surface area contributed by atoms with Crippen molar-refractivity contribution in [1.82, 2.24) is 19.5 Å². The number of para-hydroxylation sites is 1. The summed E-state index contributed by atoms with van der Waals surface area (Å²) in [5.41, 5.74) is 9.51. The molecule has 58 heavy (non-hydrogen) atoms. The van der Waals surface area contributed by atoms with Gasteiger partial charge in [-0.05, 0) is 81.2 Å². The number of fused-ring (bicyclic) bond motifs is 8. The van der Waals surface area contributed by atoms with Crippen LogP contribution in [0.25, 0.3) is 116 Å². The van der Waals surface area contributed by atoms with Crippen LogP contribution in [-0.4, -0.2) is 19.5 Å². The number of hydrogen-bond acceptors (Lipinski definition) is 4.